The number of anilines is 1. The number of benzene rings is 2. The number of alkyl halides is 2. The van der Waals surface area contributed by atoms with Crippen LogP contribution in [0.15, 0.2) is 47.3 Å². The lowest BCUT2D eigenvalue weighted by Crippen LogP contribution is -2.34. The quantitative estimate of drug-likeness (QED) is 0.357. The molecule has 0 aliphatic heterocycles. The first kappa shape index (κ1) is 28.8. The van der Waals surface area contributed by atoms with Crippen LogP contribution < -0.4 is 29.5 Å². The number of hydrogen-bond donors (Lipinski definition) is 1. The molecule has 38 heavy (non-hydrogen) atoms. The summed E-state index contributed by atoms with van der Waals surface area (Å²) in [6.45, 7) is -0.0875. The smallest absolute Gasteiger partial charge is 0.387 e. The van der Waals surface area contributed by atoms with Crippen molar-refractivity contribution in [2.45, 2.75) is 26.5 Å². The first-order valence-electron chi connectivity index (χ1n) is 11.4. The van der Waals surface area contributed by atoms with Gasteiger partial charge in [-0.15, -0.1) is 11.3 Å². The van der Waals surface area contributed by atoms with E-state index in [1.807, 2.05) is 13.0 Å². The number of para-hydroxylation sites is 1. The fourth-order valence-corrected chi connectivity index (χ4v) is 4.75. The van der Waals surface area contributed by atoms with Crippen LogP contribution in [0.25, 0.3) is 11.6 Å². The van der Waals surface area contributed by atoms with Crippen LogP contribution in [-0.2, 0) is 16.1 Å². The third kappa shape index (κ3) is 7.19. The second kappa shape index (κ2) is 13.7. The van der Waals surface area contributed by atoms with Crippen molar-refractivity contribution in [2.75, 3.05) is 25.6 Å². The Hall–Kier alpha value is -3.72. The van der Waals surface area contributed by atoms with E-state index in [9.17, 15) is 23.6 Å². The van der Waals surface area contributed by atoms with Crippen molar-refractivity contribution in [2.24, 2.45) is 0 Å². The van der Waals surface area contributed by atoms with Gasteiger partial charge in [-0.25, -0.2) is 0 Å². The molecule has 3 rings (SSSR count). The first-order valence-corrected chi connectivity index (χ1v) is 12.6. The Morgan fingerprint density at radius 3 is 2.68 bits per heavy atom. The van der Waals surface area contributed by atoms with Crippen LogP contribution in [0.2, 0.25) is 5.02 Å². The highest BCUT2D eigenvalue weighted by molar-refractivity contribution is 7.07. The van der Waals surface area contributed by atoms with E-state index in [1.165, 1.54) is 36.0 Å². The molecule has 0 saturated heterocycles. The van der Waals surface area contributed by atoms with Crippen molar-refractivity contribution in [3.05, 3.63) is 72.6 Å². The Bertz CT molecular complexity index is 1510. The van der Waals surface area contributed by atoms with Crippen molar-refractivity contribution in [1.82, 2.24) is 4.57 Å². The minimum Gasteiger partial charge on any atom is -0.493 e. The molecule has 0 bridgehead atoms. The fourth-order valence-electron chi connectivity index (χ4n) is 3.44. The SMILES string of the molecule is CCOCCCn1c(=C(C#N)C(=O)Nc2ccccc2Cl)sc(=Cc2ccc(OC(F)F)c(OC)c2)c1=O. The van der Waals surface area contributed by atoms with Crippen molar-refractivity contribution in [1.29, 1.82) is 5.26 Å². The molecule has 1 heterocycles. The third-order valence-electron chi connectivity index (χ3n) is 5.16. The van der Waals surface area contributed by atoms with Crippen molar-refractivity contribution >= 4 is 46.2 Å². The van der Waals surface area contributed by atoms with Crippen LogP contribution >= 0.6 is 22.9 Å². The van der Waals surface area contributed by atoms with Gasteiger partial charge >= 0.3 is 6.61 Å². The Labute approximate surface area is 225 Å². The topological polar surface area (TPSA) is 103 Å². The number of ether oxygens (including phenoxy) is 3. The monoisotopic (exact) mass is 563 g/mol. The highest BCUT2D eigenvalue weighted by Gasteiger charge is 2.17. The summed E-state index contributed by atoms with van der Waals surface area (Å²) in [5.74, 6) is -0.824. The average molecular weight is 564 g/mol. The van der Waals surface area contributed by atoms with E-state index < -0.39 is 18.1 Å². The van der Waals surface area contributed by atoms with E-state index in [4.69, 9.17) is 21.1 Å². The third-order valence-corrected chi connectivity index (χ3v) is 6.62. The zero-order valence-electron chi connectivity index (χ0n) is 20.5. The molecule has 1 amide bonds. The number of carbonyl (C=O) groups excluding carboxylic acids is 1. The molecule has 0 saturated carbocycles. The molecular weight excluding hydrogens is 540 g/mol. The number of hydrogen-bond acceptors (Lipinski definition) is 7. The lowest BCUT2D eigenvalue weighted by molar-refractivity contribution is -0.111. The number of aromatic nitrogens is 1. The van der Waals surface area contributed by atoms with Crippen LogP contribution in [0.5, 0.6) is 11.5 Å². The van der Waals surface area contributed by atoms with Gasteiger partial charge in [0.25, 0.3) is 11.5 Å². The van der Waals surface area contributed by atoms with E-state index >= 15 is 0 Å². The van der Waals surface area contributed by atoms with Crippen LogP contribution in [0, 0.1) is 11.3 Å². The van der Waals surface area contributed by atoms with Crippen molar-refractivity contribution in [3.63, 3.8) is 0 Å². The lowest BCUT2D eigenvalue weighted by Gasteiger charge is -2.09. The Morgan fingerprint density at radius 1 is 1.26 bits per heavy atom. The standard InChI is InChI=1S/C26H24ClF2N3O5S/c1-3-36-12-6-11-32-24(34)22(14-16-9-10-20(37-26(28)29)21(13-16)35-2)38-25(32)17(15-30)23(33)31-19-8-5-4-7-18(19)27/h4-5,7-10,13-14,26H,3,6,11-12H2,1-2H3,(H,31,33). The second-order valence-corrected chi connectivity index (χ2v) is 9.07. The van der Waals surface area contributed by atoms with Gasteiger partial charge in [-0.05, 0) is 49.2 Å². The summed E-state index contributed by atoms with van der Waals surface area (Å²) in [5, 5.41) is 12.8. The summed E-state index contributed by atoms with van der Waals surface area (Å²) in [6.07, 6.45) is 1.99. The summed E-state index contributed by atoms with van der Waals surface area (Å²) in [7, 11) is 1.30. The number of nitrogens with one attached hydrogen (secondary N) is 1. The summed E-state index contributed by atoms with van der Waals surface area (Å²) >= 11 is 7.09. The molecule has 2 aromatic carbocycles. The van der Waals surface area contributed by atoms with Crippen LogP contribution in [-0.4, -0.2) is 37.4 Å². The van der Waals surface area contributed by atoms with E-state index in [-0.39, 0.29) is 32.8 Å². The number of thiazole rings is 1. The second-order valence-electron chi connectivity index (χ2n) is 7.63. The average Bonchev–Trinajstić information content (AvgIpc) is 3.18. The number of nitrogens with zero attached hydrogens (tertiary/aromatic N) is 2. The summed E-state index contributed by atoms with van der Waals surface area (Å²) in [4.78, 5) is 26.4. The summed E-state index contributed by atoms with van der Waals surface area (Å²) in [5.41, 5.74) is 0.0977. The van der Waals surface area contributed by atoms with Gasteiger partial charge in [-0.3, -0.25) is 14.2 Å². The van der Waals surface area contributed by atoms with Crippen LogP contribution in [0.4, 0.5) is 14.5 Å². The van der Waals surface area contributed by atoms with Gasteiger partial charge in [-0.1, -0.05) is 29.8 Å². The minimum atomic E-state index is -3.03. The molecule has 8 nitrogen and oxygen atoms in total. The van der Waals surface area contributed by atoms with Gasteiger partial charge in [0.15, 0.2) is 17.1 Å². The molecule has 0 aliphatic carbocycles. The highest BCUT2D eigenvalue weighted by Crippen LogP contribution is 2.29. The van der Waals surface area contributed by atoms with Gasteiger partial charge in [-0.2, -0.15) is 14.0 Å². The number of methoxy groups -OCH3 is 1. The predicted octanol–water partition coefficient (Wildman–Crippen LogP) is 3.74. The fraction of sp³-hybridized carbons (Fsp3) is 0.269. The molecule has 0 atom stereocenters. The van der Waals surface area contributed by atoms with Crippen LogP contribution in [0.1, 0.15) is 18.9 Å². The van der Waals surface area contributed by atoms with E-state index in [0.29, 0.717) is 35.9 Å². The number of carbonyl (C=O) groups is 1. The number of nitriles is 1. The van der Waals surface area contributed by atoms with Gasteiger partial charge in [0, 0.05) is 19.8 Å². The largest absolute Gasteiger partial charge is 0.493 e. The normalized spacial score (nSPS) is 12.3. The molecule has 0 aliphatic rings. The first-order chi connectivity index (χ1) is 18.3. The van der Waals surface area contributed by atoms with Crippen molar-refractivity contribution < 1.29 is 27.8 Å². The van der Waals surface area contributed by atoms with Gasteiger partial charge in [0.1, 0.15) is 10.7 Å². The van der Waals surface area contributed by atoms with Crippen molar-refractivity contribution in [3.8, 4) is 17.6 Å². The maximum absolute atomic E-state index is 13.4. The lowest BCUT2D eigenvalue weighted by atomic mass is 10.2. The Kier molecular flexibility index (Phi) is 10.4. The number of amides is 1. The van der Waals surface area contributed by atoms with Gasteiger partial charge < -0.3 is 19.5 Å². The minimum absolute atomic E-state index is 0.0521. The Morgan fingerprint density at radius 2 is 2.03 bits per heavy atom. The summed E-state index contributed by atoms with van der Waals surface area (Å²) < 4.78 is 42.0. The van der Waals surface area contributed by atoms with E-state index in [0.717, 1.165) is 11.3 Å². The molecule has 0 fully saturated rings. The van der Waals surface area contributed by atoms with E-state index in [1.54, 1.807) is 24.3 Å². The Balaban J connectivity index is 2.13. The maximum atomic E-state index is 13.4. The highest BCUT2D eigenvalue weighted by atomic mass is 35.5. The molecule has 0 unspecified atom stereocenters. The van der Waals surface area contributed by atoms with Crippen LogP contribution in [0.3, 0.4) is 0 Å². The van der Waals surface area contributed by atoms with Gasteiger partial charge in [0.2, 0.25) is 0 Å². The molecule has 1 N–H and O–H groups in total. The predicted molar refractivity (Wildman–Crippen MR) is 141 cm³/mol. The molecular formula is C26H24ClF2N3O5S. The molecule has 12 heteroatoms. The van der Waals surface area contributed by atoms with E-state index in [2.05, 4.69) is 10.1 Å². The molecule has 0 spiro atoms. The zero-order chi connectivity index (χ0) is 27.7. The zero-order valence-corrected chi connectivity index (χ0v) is 22.1. The molecule has 200 valence electrons. The summed E-state index contributed by atoms with van der Waals surface area (Å²) in [6, 6.07) is 12.7. The maximum Gasteiger partial charge on any atom is 0.387 e. The number of halogens is 3. The molecule has 0 radical (unpaired) electrons. The number of rotatable bonds is 11. The van der Waals surface area contributed by atoms with Gasteiger partial charge in [0.05, 0.1) is 22.4 Å². The molecule has 1 aromatic heterocycles. The molecule has 3 aromatic rings.